The number of hydrogen-bond donors (Lipinski definition) is 1. The molecule has 1 atom stereocenters. The summed E-state index contributed by atoms with van der Waals surface area (Å²) in [6, 6.07) is 10.3. The molecule has 4 nitrogen and oxygen atoms in total. The largest absolute Gasteiger partial charge is 0.306 e. The van der Waals surface area contributed by atoms with Gasteiger partial charge >= 0.3 is 0 Å². The maximum atomic E-state index is 4.35. The highest BCUT2D eigenvalue weighted by Crippen LogP contribution is 2.34. The zero-order chi connectivity index (χ0) is 14.5. The Labute approximate surface area is 126 Å². The Morgan fingerprint density at radius 3 is 2.86 bits per heavy atom. The average molecular weight is 284 g/mol. The summed E-state index contributed by atoms with van der Waals surface area (Å²) in [6.07, 6.45) is 9.25. The van der Waals surface area contributed by atoms with E-state index in [-0.39, 0.29) is 5.54 Å². The fourth-order valence-corrected chi connectivity index (χ4v) is 3.45. The predicted molar refractivity (Wildman–Crippen MR) is 84.4 cm³/mol. The van der Waals surface area contributed by atoms with Crippen LogP contribution in [-0.4, -0.2) is 21.5 Å². The molecule has 4 heteroatoms. The minimum absolute atomic E-state index is 0.0184. The first kappa shape index (κ1) is 14.3. The van der Waals surface area contributed by atoms with Gasteiger partial charge in [-0.25, -0.2) is 4.68 Å². The van der Waals surface area contributed by atoms with Crippen LogP contribution in [0.5, 0.6) is 0 Å². The minimum Gasteiger partial charge on any atom is -0.306 e. The summed E-state index contributed by atoms with van der Waals surface area (Å²) in [7, 11) is 0. The van der Waals surface area contributed by atoms with Crippen molar-refractivity contribution in [3.63, 3.8) is 0 Å². The molecule has 112 valence electrons. The first-order valence-electron chi connectivity index (χ1n) is 8.07. The third kappa shape index (κ3) is 2.86. The van der Waals surface area contributed by atoms with Crippen molar-refractivity contribution in [2.45, 2.75) is 51.0 Å². The molecule has 2 heterocycles. The number of para-hydroxylation sites is 1. The molecule has 1 aromatic heterocycles. The van der Waals surface area contributed by atoms with Gasteiger partial charge in [-0.1, -0.05) is 49.6 Å². The van der Waals surface area contributed by atoms with Crippen molar-refractivity contribution in [2.75, 3.05) is 6.54 Å². The van der Waals surface area contributed by atoms with Gasteiger partial charge in [0.1, 0.15) is 0 Å². The van der Waals surface area contributed by atoms with Crippen LogP contribution < -0.4 is 5.32 Å². The molecule has 0 bridgehead atoms. The first-order valence-corrected chi connectivity index (χ1v) is 8.07. The molecular weight excluding hydrogens is 260 g/mol. The van der Waals surface area contributed by atoms with E-state index in [2.05, 4.69) is 34.7 Å². The second kappa shape index (κ2) is 6.39. The van der Waals surface area contributed by atoms with Crippen molar-refractivity contribution >= 4 is 0 Å². The average Bonchev–Trinajstić information content (AvgIpc) is 2.90. The Kier molecular flexibility index (Phi) is 4.34. The van der Waals surface area contributed by atoms with Gasteiger partial charge in [0, 0.05) is 0 Å². The molecule has 1 aliphatic heterocycles. The van der Waals surface area contributed by atoms with Gasteiger partial charge < -0.3 is 5.32 Å². The van der Waals surface area contributed by atoms with Crippen LogP contribution in [0.1, 0.15) is 51.1 Å². The van der Waals surface area contributed by atoms with Gasteiger partial charge in [-0.15, -0.1) is 5.10 Å². The fraction of sp³-hybridized carbons (Fsp3) is 0.529. The fourth-order valence-electron chi connectivity index (χ4n) is 3.45. The van der Waals surface area contributed by atoms with Crippen molar-refractivity contribution in [1.82, 2.24) is 20.3 Å². The monoisotopic (exact) mass is 284 g/mol. The highest BCUT2D eigenvalue weighted by Gasteiger charge is 2.35. The Morgan fingerprint density at radius 1 is 1.19 bits per heavy atom. The van der Waals surface area contributed by atoms with Crippen molar-refractivity contribution < 1.29 is 0 Å². The smallest absolute Gasteiger partial charge is 0.0846 e. The molecule has 1 aromatic carbocycles. The molecule has 1 fully saturated rings. The second-order valence-electron chi connectivity index (χ2n) is 5.94. The van der Waals surface area contributed by atoms with E-state index < -0.39 is 0 Å². The van der Waals surface area contributed by atoms with E-state index in [9.17, 15) is 0 Å². The number of nitrogens with one attached hydrogen (secondary N) is 1. The summed E-state index contributed by atoms with van der Waals surface area (Å²) in [5.41, 5.74) is 2.31. The third-order valence-corrected chi connectivity index (χ3v) is 4.46. The van der Waals surface area contributed by atoms with Crippen LogP contribution >= 0.6 is 0 Å². The summed E-state index contributed by atoms with van der Waals surface area (Å²) in [4.78, 5) is 0. The Balaban J connectivity index is 2.02. The van der Waals surface area contributed by atoms with E-state index in [0.29, 0.717) is 0 Å². The van der Waals surface area contributed by atoms with Crippen molar-refractivity contribution in [3.05, 3.63) is 42.2 Å². The molecule has 0 amide bonds. The molecule has 0 saturated carbocycles. The van der Waals surface area contributed by atoms with Gasteiger partial charge in [0.2, 0.25) is 0 Å². The zero-order valence-corrected chi connectivity index (χ0v) is 12.8. The maximum absolute atomic E-state index is 4.35. The van der Waals surface area contributed by atoms with Gasteiger partial charge in [-0.3, -0.25) is 0 Å². The standard InChI is InChI=1S/C17H24N4/c1-2-11-17(12-7-4-8-13-18-17)16-14-19-20-21(16)15-9-5-3-6-10-15/h3,5-6,9-10,14,18H,2,4,7-8,11-13H2,1H3. The Hall–Kier alpha value is -1.68. The topological polar surface area (TPSA) is 42.7 Å². The summed E-state index contributed by atoms with van der Waals surface area (Å²) >= 11 is 0. The SMILES string of the molecule is CCCC1(c2cnnn2-c2ccccc2)CCCCCN1. The lowest BCUT2D eigenvalue weighted by Gasteiger charge is -2.33. The third-order valence-electron chi connectivity index (χ3n) is 4.46. The van der Waals surface area contributed by atoms with Crippen LogP contribution in [0.25, 0.3) is 5.69 Å². The first-order chi connectivity index (χ1) is 10.4. The second-order valence-corrected chi connectivity index (χ2v) is 5.94. The molecular formula is C17H24N4. The van der Waals surface area contributed by atoms with E-state index in [0.717, 1.165) is 25.1 Å². The molecule has 1 saturated heterocycles. The lowest BCUT2D eigenvalue weighted by atomic mass is 9.85. The number of hydrogen-bond acceptors (Lipinski definition) is 3. The van der Waals surface area contributed by atoms with E-state index in [1.165, 1.54) is 31.4 Å². The summed E-state index contributed by atoms with van der Waals surface area (Å²) in [6.45, 7) is 3.34. The quantitative estimate of drug-likeness (QED) is 0.935. The molecule has 1 N–H and O–H groups in total. The number of benzene rings is 1. The molecule has 1 aliphatic rings. The van der Waals surface area contributed by atoms with E-state index >= 15 is 0 Å². The maximum Gasteiger partial charge on any atom is 0.0846 e. The minimum atomic E-state index is 0.0184. The van der Waals surface area contributed by atoms with Crippen molar-refractivity contribution in [3.8, 4) is 5.69 Å². The van der Waals surface area contributed by atoms with Gasteiger partial charge in [-0.2, -0.15) is 0 Å². The lowest BCUT2D eigenvalue weighted by molar-refractivity contribution is 0.282. The zero-order valence-electron chi connectivity index (χ0n) is 12.8. The van der Waals surface area contributed by atoms with E-state index in [1.54, 1.807) is 0 Å². The lowest BCUT2D eigenvalue weighted by Crippen LogP contribution is -2.43. The normalized spacial score (nSPS) is 22.9. The van der Waals surface area contributed by atoms with Gasteiger partial charge in [0.15, 0.2) is 0 Å². The van der Waals surface area contributed by atoms with Crippen LogP contribution in [-0.2, 0) is 5.54 Å². The van der Waals surface area contributed by atoms with E-state index in [1.807, 2.05) is 29.1 Å². The van der Waals surface area contributed by atoms with Crippen LogP contribution in [0.15, 0.2) is 36.5 Å². The predicted octanol–water partition coefficient (Wildman–Crippen LogP) is 3.43. The molecule has 0 radical (unpaired) electrons. The summed E-state index contributed by atoms with van der Waals surface area (Å²) < 4.78 is 2.01. The Morgan fingerprint density at radius 2 is 2.05 bits per heavy atom. The number of aromatic nitrogens is 3. The molecule has 0 aliphatic carbocycles. The van der Waals surface area contributed by atoms with Gasteiger partial charge in [-0.05, 0) is 37.9 Å². The van der Waals surface area contributed by atoms with E-state index in [4.69, 9.17) is 0 Å². The Bertz CT molecular complexity index is 553. The highest BCUT2D eigenvalue weighted by atomic mass is 15.4. The highest BCUT2D eigenvalue weighted by molar-refractivity contribution is 5.33. The molecule has 21 heavy (non-hydrogen) atoms. The van der Waals surface area contributed by atoms with Crippen LogP contribution in [0.2, 0.25) is 0 Å². The summed E-state index contributed by atoms with van der Waals surface area (Å²) in [5, 5.41) is 12.4. The molecule has 0 spiro atoms. The molecule has 2 aromatic rings. The van der Waals surface area contributed by atoms with Gasteiger partial charge in [0.25, 0.3) is 0 Å². The van der Waals surface area contributed by atoms with Crippen LogP contribution in [0.4, 0.5) is 0 Å². The number of rotatable bonds is 4. The van der Waals surface area contributed by atoms with Crippen molar-refractivity contribution in [2.24, 2.45) is 0 Å². The van der Waals surface area contributed by atoms with Crippen LogP contribution in [0.3, 0.4) is 0 Å². The van der Waals surface area contributed by atoms with Gasteiger partial charge in [0.05, 0.1) is 23.1 Å². The number of nitrogens with zero attached hydrogens (tertiary/aromatic N) is 3. The molecule has 3 rings (SSSR count). The molecule has 1 unspecified atom stereocenters. The summed E-state index contributed by atoms with van der Waals surface area (Å²) in [5.74, 6) is 0. The van der Waals surface area contributed by atoms with Crippen LogP contribution in [0, 0.1) is 0 Å². The van der Waals surface area contributed by atoms with Crippen molar-refractivity contribution in [1.29, 1.82) is 0 Å².